The molecule has 25 heavy (non-hydrogen) atoms. The average molecular weight is 342 g/mol. The molecule has 0 N–H and O–H groups in total. The minimum absolute atomic E-state index is 0.0200. The van der Waals surface area contributed by atoms with Crippen molar-refractivity contribution >= 4 is 11.9 Å². The predicted octanol–water partition coefficient (Wildman–Crippen LogP) is 2.19. The molecule has 0 bridgehead atoms. The molecule has 4 rings (SSSR count). The summed E-state index contributed by atoms with van der Waals surface area (Å²) in [6.45, 7) is 5.36. The first-order valence-corrected chi connectivity index (χ1v) is 8.75. The van der Waals surface area contributed by atoms with Gasteiger partial charge in [0.25, 0.3) is 5.91 Å². The maximum absolute atomic E-state index is 12.7. The number of rotatable bonds is 3. The van der Waals surface area contributed by atoms with Crippen molar-refractivity contribution in [3.8, 4) is 0 Å². The second-order valence-electron chi connectivity index (χ2n) is 6.48. The van der Waals surface area contributed by atoms with Crippen LogP contribution in [0, 0.1) is 6.92 Å². The van der Waals surface area contributed by atoms with E-state index in [-0.39, 0.29) is 12.0 Å². The van der Waals surface area contributed by atoms with Crippen LogP contribution in [0.3, 0.4) is 0 Å². The number of anilines is 1. The van der Waals surface area contributed by atoms with E-state index in [0.717, 1.165) is 24.7 Å². The van der Waals surface area contributed by atoms with E-state index in [1.807, 2.05) is 11.0 Å². The van der Waals surface area contributed by atoms with Gasteiger partial charge >= 0.3 is 0 Å². The van der Waals surface area contributed by atoms with Gasteiger partial charge in [0.1, 0.15) is 11.9 Å². The summed E-state index contributed by atoms with van der Waals surface area (Å²) in [7, 11) is 0. The number of ether oxygens (including phenoxy) is 1. The highest BCUT2D eigenvalue weighted by Crippen LogP contribution is 2.24. The minimum Gasteiger partial charge on any atom is -0.469 e. The fraction of sp³-hybridized carbons (Fsp3) is 0.500. The molecule has 7 nitrogen and oxygen atoms in total. The van der Waals surface area contributed by atoms with Gasteiger partial charge in [0, 0.05) is 25.8 Å². The summed E-state index contributed by atoms with van der Waals surface area (Å²) in [4.78, 5) is 25.8. The molecule has 2 aromatic heterocycles. The lowest BCUT2D eigenvalue weighted by Gasteiger charge is -2.32. The Kier molecular flexibility index (Phi) is 4.40. The number of carbonyl (C=O) groups is 1. The van der Waals surface area contributed by atoms with Crippen LogP contribution in [0.5, 0.6) is 0 Å². The summed E-state index contributed by atoms with van der Waals surface area (Å²) < 4.78 is 11.1. The van der Waals surface area contributed by atoms with Crippen LogP contribution in [0.4, 0.5) is 5.95 Å². The summed E-state index contributed by atoms with van der Waals surface area (Å²) in [6.07, 6.45) is 5.46. The highest BCUT2D eigenvalue weighted by atomic mass is 16.5. The highest BCUT2D eigenvalue weighted by Gasteiger charge is 2.29. The zero-order valence-electron chi connectivity index (χ0n) is 14.4. The van der Waals surface area contributed by atoms with Crippen molar-refractivity contribution in [1.82, 2.24) is 14.9 Å². The first-order valence-electron chi connectivity index (χ1n) is 8.75. The molecular formula is C18H22N4O3. The zero-order valence-corrected chi connectivity index (χ0v) is 14.4. The molecule has 0 aromatic carbocycles. The quantitative estimate of drug-likeness (QED) is 0.851. The van der Waals surface area contributed by atoms with Crippen molar-refractivity contribution in [3.63, 3.8) is 0 Å². The second kappa shape index (κ2) is 6.84. The topological polar surface area (TPSA) is 71.7 Å². The molecule has 1 amide bonds. The SMILES string of the molecule is Cc1occc1C(=O)N1CCO[C@@H](c2ccnc(N3CCCC3)n2)C1. The number of nitrogens with zero attached hydrogens (tertiary/aromatic N) is 4. The lowest BCUT2D eigenvalue weighted by Crippen LogP contribution is -2.42. The van der Waals surface area contributed by atoms with Gasteiger partial charge in [-0.3, -0.25) is 4.79 Å². The number of aromatic nitrogens is 2. The molecule has 4 heterocycles. The minimum atomic E-state index is -0.228. The number of morpholine rings is 1. The number of hydrogen-bond acceptors (Lipinski definition) is 6. The van der Waals surface area contributed by atoms with Crippen molar-refractivity contribution in [2.45, 2.75) is 25.9 Å². The van der Waals surface area contributed by atoms with Crippen LogP contribution in [0.2, 0.25) is 0 Å². The van der Waals surface area contributed by atoms with Crippen LogP contribution in [0.1, 0.15) is 40.8 Å². The number of amides is 1. The van der Waals surface area contributed by atoms with Crippen LogP contribution in [-0.4, -0.2) is 53.6 Å². The lowest BCUT2D eigenvalue weighted by molar-refractivity contribution is -0.0248. The molecule has 0 saturated carbocycles. The van der Waals surface area contributed by atoms with E-state index < -0.39 is 0 Å². The fourth-order valence-electron chi connectivity index (χ4n) is 3.40. The number of furan rings is 1. The van der Waals surface area contributed by atoms with E-state index in [0.29, 0.717) is 31.0 Å². The summed E-state index contributed by atoms with van der Waals surface area (Å²) >= 11 is 0. The fourth-order valence-corrected chi connectivity index (χ4v) is 3.40. The standard InChI is InChI=1S/C18H22N4O3/c1-13-14(5-10-24-13)17(23)22-9-11-25-16(12-22)15-4-6-19-18(20-15)21-7-2-3-8-21/h4-6,10,16H,2-3,7-9,11-12H2,1H3/t16-/m1/s1. The Morgan fingerprint density at radius 3 is 2.84 bits per heavy atom. The Bertz CT molecular complexity index is 754. The Hall–Kier alpha value is -2.41. The smallest absolute Gasteiger partial charge is 0.257 e. The van der Waals surface area contributed by atoms with Gasteiger partial charge < -0.3 is 19.0 Å². The van der Waals surface area contributed by atoms with Gasteiger partial charge in [-0.15, -0.1) is 0 Å². The second-order valence-corrected chi connectivity index (χ2v) is 6.48. The zero-order chi connectivity index (χ0) is 17.2. The van der Waals surface area contributed by atoms with Crippen LogP contribution in [0.25, 0.3) is 0 Å². The highest BCUT2D eigenvalue weighted by molar-refractivity contribution is 5.95. The van der Waals surface area contributed by atoms with Crippen LogP contribution >= 0.6 is 0 Å². The largest absolute Gasteiger partial charge is 0.469 e. The molecule has 132 valence electrons. The van der Waals surface area contributed by atoms with Gasteiger partial charge in [-0.05, 0) is 31.9 Å². The van der Waals surface area contributed by atoms with E-state index in [1.165, 1.54) is 12.8 Å². The first-order chi connectivity index (χ1) is 12.2. The molecule has 1 atom stereocenters. The van der Waals surface area contributed by atoms with Crippen molar-refractivity contribution in [2.75, 3.05) is 37.7 Å². The molecular weight excluding hydrogens is 320 g/mol. The molecule has 7 heteroatoms. The van der Waals surface area contributed by atoms with Crippen LogP contribution in [-0.2, 0) is 4.74 Å². The summed E-state index contributed by atoms with van der Waals surface area (Å²) in [5, 5.41) is 0. The molecule has 2 saturated heterocycles. The van der Waals surface area contributed by atoms with Gasteiger partial charge in [0.2, 0.25) is 5.95 Å². The Labute approximate surface area is 146 Å². The first kappa shape index (κ1) is 16.1. The molecule has 0 spiro atoms. The molecule has 2 aromatic rings. The molecule has 2 aliphatic heterocycles. The normalized spacial score (nSPS) is 20.9. The van der Waals surface area contributed by atoms with Gasteiger partial charge in [0.15, 0.2) is 0 Å². The van der Waals surface area contributed by atoms with E-state index in [9.17, 15) is 4.79 Å². The van der Waals surface area contributed by atoms with Gasteiger partial charge in [-0.1, -0.05) is 0 Å². The maximum atomic E-state index is 12.7. The van der Waals surface area contributed by atoms with E-state index in [1.54, 1.807) is 25.5 Å². The lowest BCUT2D eigenvalue weighted by atomic mass is 10.1. The van der Waals surface area contributed by atoms with Gasteiger partial charge in [0.05, 0.1) is 30.7 Å². The van der Waals surface area contributed by atoms with Crippen molar-refractivity contribution in [3.05, 3.63) is 41.6 Å². The summed E-state index contributed by atoms with van der Waals surface area (Å²) in [6, 6.07) is 3.60. The Morgan fingerprint density at radius 2 is 2.08 bits per heavy atom. The monoisotopic (exact) mass is 342 g/mol. The molecule has 0 unspecified atom stereocenters. The number of carbonyl (C=O) groups excluding carboxylic acids is 1. The van der Waals surface area contributed by atoms with Crippen LogP contribution < -0.4 is 4.90 Å². The molecule has 2 fully saturated rings. The number of hydrogen-bond donors (Lipinski definition) is 0. The maximum Gasteiger partial charge on any atom is 0.257 e. The van der Waals surface area contributed by atoms with Crippen molar-refractivity contribution in [2.24, 2.45) is 0 Å². The molecule has 2 aliphatic rings. The third kappa shape index (κ3) is 3.24. The van der Waals surface area contributed by atoms with E-state index in [4.69, 9.17) is 9.15 Å². The Morgan fingerprint density at radius 1 is 1.24 bits per heavy atom. The summed E-state index contributed by atoms with van der Waals surface area (Å²) in [5.74, 6) is 1.38. The summed E-state index contributed by atoms with van der Waals surface area (Å²) in [5.41, 5.74) is 1.44. The van der Waals surface area contributed by atoms with E-state index >= 15 is 0 Å². The van der Waals surface area contributed by atoms with Gasteiger partial charge in [-0.2, -0.15) is 0 Å². The Balaban J connectivity index is 1.50. The van der Waals surface area contributed by atoms with Gasteiger partial charge in [-0.25, -0.2) is 9.97 Å². The van der Waals surface area contributed by atoms with E-state index in [2.05, 4.69) is 14.9 Å². The predicted molar refractivity (Wildman–Crippen MR) is 91.5 cm³/mol. The third-order valence-corrected chi connectivity index (χ3v) is 4.83. The van der Waals surface area contributed by atoms with Crippen LogP contribution in [0.15, 0.2) is 29.0 Å². The number of aryl methyl sites for hydroxylation is 1. The molecule has 0 radical (unpaired) electrons. The molecule has 0 aliphatic carbocycles. The van der Waals surface area contributed by atoms with Crippen molar-refractivity contribution < 1.29 is 13.9 Å². The van der Waals surface area contributed by atoms with Crippen molar-refractivity contribution in [1.29, 1.82) is 0 Å². The third-order valence-electron chi connectivity index (χ3n) is 4.83. The average Bonchev–Trinajstić information content (AvgIpc) is 3.33.